The molecular formula is C20H28N2O4. The molecule has 6 nitrogen and oxygen atoms in total. The van der Waals surface area contributed by atoms with E-state index in [2.05, 4.69) is 10.6 Å². The molecule has 142 valence electrons. The molecule has 0 radical (unpaired) electrons. The van der Waals surface area contributed by atoms with Gasteiger partial charge in [0.1, 0.15) is 11.4 Å². The lowest BCUT2D eigenvalue weighted by Crippen LogP contribution is -2.75. The first-order valence-corrected chi connectivity index (χ1v) is 9.82. The van der Waals surface area contributed by atoms with Crippen LogP contribution in [0.25, 0.3) is 0 Å². The van der Waals surface area contributed by atoms with Crippen LogP contribution in [-0.4, -0.2) is 35.5 Å². The molecule has 8 atom stereocenters. The topological polar surface area (TPSA) is 84.5 Å². The number of rotatable bonds is 4. The molecule has 6 aliphatic rings. The smallest absolute Gasteiger partial charge is 0.408 e. The lowest BCUT2D eigenvalue weighted by Gasteiger charge is -2.70. The van der Waals surface area contributed by atoms with E-state index in [9.17, 15) is 14.4 Å². The quantitative estimate of drug-likeness (QED) is 0.800. The highest BCUT2D eigenvalue weighted by molar-refractivity contribution is 6.04. The summed E-state index contributed by atoms with van der Waals surface area (Å²) in [6.45, 7) is 9.51. The van der Waals surface area contributed by atoms with Crippen molar-refractivity contribution in [1.82, 2.24) is 10.6 Å². The molecule has 0 aromatic carbocycles. The molecule has 6 heteroatoms. The first kappa shape index (κ1) is 16.6. The molecule has 6 aliphatic carbocycles. The van der Waals surface area contributed by atoms with Gasteiger partial charge in [0.05, 0.1) is 11.0 Å². The van der Waals surface area contributed by atoms with E-state index in [0.29, 0.717) is 41.9 Å². The van der Waals surface area contributed by atoms with Gasteiger partial charge in [-0.1, -0.05) is 0 Å². The third-order valence-corrected chi connectivity index (χ3v) is 7.79. The van der Waals surface area contributed by atoms with Crippen LogP contribution in [0.5, 0.6) is 0 Å². The molecular weight excluding hydrogens is 332 g/mol. The van der Waals surface area contributed by atoms with Gasteiger partial charge in [0.25, 0.3) is 0 Å². The van der Waals surface area contributed by atoms with Gasteiger partial charge in [0.15, 0.2) is 0 Å². The van der Waals surface area contributed by atoms with Crippen molar-refractivity contribution in [2.75, 3.05) is 6.54 Å². The van der Waals surface area contributed by atoms with E-state index in [0.717, 1.165) is 0 Å². The second-order valence-corrected chi connectivity index (χ2v) is 10.7. The van der Waals surface area contributed by atoms with E-state index in [1.54, 1.807) is 0 Å². The highest BCUT2D eigenvalue weighted by Crippen LogP contribution is 2.92. The van der Waals surface area contributed by atoms with Crippen LogP contribution in [-0.2, 0) is 14.3 Å². The minimum Gasteiger partial charge on any atom is -0.444 e. The van der Waals surface area contributed by atoms with Gasteiger partial charge in [-0.25, -0.2) is 4.79 Å². The highest BCUT2D eigenvalue weighted by Gasteiger charge is 2.96. The monoisotopic (exact) mass is 360 g/mol. The molecule has 2 amide bonds. The largest absolute Gasteiger partial charge is 0.444 e. The minimum atomic E-state index is -0.619. The second-order valence-electron chi connectivity index (χ2n) is 10.7. The molecule has 6 rings (SSSR count). The second kappa shape index (κ2) is 4.45. The lowest BCUT2D eigenvalue weighted by molar-refractivity contribution is -0.248. The third-order valence-electron chi connectivity index (χ3n) is 7.79. The Bertz CT molecular complexity index is 739. The summed E-state index contributed by atoms with van der Waals surface area (Å²) < 4.78 is 5.30. The zero-order valence-corrected chi connectivity index (χ0v) is 16.1. The standard InChI is InChI=1S/C20H28N2O4/c1-18(2,3)26-17(25)22-19(4,5)7-21-16(24)20-12-9-6-8-10(12)14(20)15(23)11(8)13(9)20/h8-14H,6-7H2,1-5H3,(H,21,24)(H,22,25)/t8-,9+,10-,11-,12+,13-,14+,20-/m0/s1. The van der Waals surface area contributed by atoms with Crippen LogP contribution in [0.2, 0.25) is 0 Å². The summed E-state index contributed by atoms with van der Waals surface area (Å²) in [6.07, 6.45) is 0.686. The Kier molecular flexibility index (Phi) is 2.84. The molecule has 4 bridgehead atoms. The van der Waals surface area contributed by atoms with Crippen molar-refractivity contribution < 1.29 is 19.1 Å². The lowest BCUT2D eigenvalue weighted by atomic mass is 9.31. The Morgan fingerprint density at radius 1 is 1.15 bits per heavy atom. The van der Waals surface area contributed by atoms with Crippen LogP contribution >= 0.6 is 0 Å². The maximum atomic E-state index is 13.1. The number of ether oxygens (including phenoxy) is 1. The van der Waals surface area contributed by atoms with Gasteiger partial charge in [0.2, 0.25) is 5.91 Å². The van der Waals surface area contributed by atoms with E-state index in [-0.39, 0.29) is 17.7 Å². The van der Waals surface area contributed by atoms with Crippen molar-refractivity contribution in [2.24, 2.45) is 46.8 Å². The van der Waals surface area contributed by atoms with Gasteiger partial charge >= 0.3 is 6.09 Å². The number of carbonyl (C=O) groups is 3. The maximum Gasteiger partial charge on any atom is 0.408 e. The van der Waals surface area contributed by atoms with Crippen molar-refractivity contribution in [3.8, 4) is 0 Å². The van der Waals surface area contributed by atoms with Gasteiger partial charge < -0.3 is 15.4 Å². The van der Waals surface area contributed by atoms with E-state index >= 15 is 0 Å². The number of ketones is 1. The normalized spacial score (nSPS) is 46.0. The summed E-state index contributed by atoms with van der Waals surface area (Å²) in [5.41, 5.74) is -1.58. The number of nitrogens with one attached hydrogen (secondary N) is 2. The molecule has 0 aromatic heterocycles. The molecule has 0 spiro atoms. The SMILES string of the molecule is CC(C)(CNC(=O)[C@]12[C@@H]3[C@H]4C[C@@H]5[C@H](C(=O)[C@H]1[C@@H]53)[C@H]42)NC(=O)OC(C)(C)C. The zero-order chi connectivity index (χ0) is 18.8. The molecule has 6 saturated carbocycles. The fourth-order valence-electron chi connectivity index (χ4n) is 7.50. The van der Waals surface area contributed by atoms with Crippen molar-refractivity contribution in [2.45, 2.75) is 52.2 Å². The summed E-state index contributed by atoms with van der Waals surface area (Å²) in [7, 11) is 0. The van der Waals surface area contributed by atoms with Gasteiger partial charge in [-0.05, 0) is 70.6 Å². The summed E-state index contributed by atoms with van der Waals surface area (Å²) in [6, 6.07) is 0. The van der Waals surface area contributed by atoms with Crippen molar-refractivity contribution in [1.29, 1.82) is 0 Å². The number of alkyl carbamates (subject to hydrolysis) is 1. The zero-order valence-electron chi connectivity index (χ0n) is 16.1. The van der Waals surface area contributed by atoms with Crippen LogP contribution < -0.4 is 10.6 Å². The number of amides is 2. The molecule has 26 heavy (non-hydrogen) atoms. The Morgan fingerprint density at radius 2 is 1.85 bits per heavy atom. The van der Waals surface area contributed by atoms with E-state index in [1.165, 1.54) is 6.42 Å². The summed E-state index contributed by atoms with van der Waals surface area (Å²) in [5, 5.41) is 5.88. The number of hydrogen-bond donors (Lipinski definition) is 2. The van der Waals surface area contributed by atoms with Crippen LogP contribution in [0, 0.1) is 46.8 Å². The minimum absolute atomic E-state index is 0.00632. The maximum absolute atomic E-state index is 13.1. The van der Waals surface area contributed by atoms with Crippen LogP contribution in [0.15, 0.2) is 0 Å². The predicted molar refractivity (Wildman–Crippen MR) is 92.9 cm³/mol. The predicted octanol–water partition coefficient (Wildman–Crippen LogP) is 1.73. The fraction of sp³-hybridized carbons (Fsp3) is 0.850. The van der Waals surface area contributed by atoms with E-state index in [4.69, 9.17) is 4.74 Å². The average Bonchev–Trinajstić information content (AvgIpc) is 2.97. The average molecular weight is 360 g/mol. The third kappa shape index (κ3) is 1.67. The Balaban J connectivity index is 1.23. The number of carbonyl (C=O) groups excluding carboxylic acids is 3. The molecule has 0 saturated heterocycles. The highest BCUT2D eigenvalue weighted by atomic mass is 16.6. The van der Waals surface area contributed by atoms with E-state index in [1.807, 2.05) is 34.6 Å². The molecule has 0 aliphatic heterocycles. The molecule has 6 fully saturated rings. The van der Waals surface area contributed by atoms with Crippen molar-refractivity contribution in [3.05, 3.63) is 0 Å². The summed E-state index contributed by atoms with van der Waals surface area (Å²) in [5.74, 6) is 3.06. The first-order chi connectivity index (χ1) is 12.0. The molecule has 0 heterocycles. The number of Topliss-reactive ketones (excluding diaryl/α,β-unsaturated/α-hetero) is 1. The van der Waals surface area contributed by atoms with Gasteiger partial charge in [0, 0.05) is 18.4 Å². The fourth-order valence-corrected chi connectivity index (χ4v) is 7.50. The molecule has 0 unspecified atom stereocenters. The Morgan fingerprint density at radius 3 is 2.46 bits per heavy atom. The first-order valence-electron chi connectivity index (χ1n) is 9.82. The summed E-state index contributed by atoms with van der Waals surface area (Å²) >= 11 is 0. The van der Waals surface area contributed by atoms with Gasteiger partial charge in [-0.3, -0.25) is 9.59 Å². The van der Waals surface area contributed by atoms with Gasteiger partial charge in [-0.2, -0.15) is 0 Å². The Labute approximate surface area is 153 Å². The van der Waals surface area contributed by atoms with Gasteiger partial charge in [-0.15, -0.1) is 0 Å². The molecule has 0 aromatic rings. The van der Waals surface area contributed by atoms with Crippen LogP contribution in [0.1, 0.15) is 41.0 Å². The Hall–Kier alpha value is -1.59. The van der Waals surface area contributed by atoms with Crippen molar-refractivity contribution in [3.63, 3.8) is 0 Å². The van der Waals surface area contributed by atoms with Crippen LogP contribution in [0.4, 0.5) is 4.79 Å². The van der Waals surface area contributed by atoms with Crippen molar-refractivity contribution >= 4 is 17.8 Å². The van der Waals surface area contributed by atoms with Crippen LogP contribution in [0.3, 0.4) is 0 Å². The molecule has 2 N–H and O–H groups in total. The van der Waals surface area contributed by atoms with E-state index < -0.39 is 22.6 Å². The summed E-state index contributed by atoms with van der Waals surface area (Å²) in [4.78, 5) is 37.7. The number of hydrogen-bond acceptors (Lipinski definition) is 4.